The van der Waals surface area contributed by atoms with Crippen molar-refractivity contribution in [1.29, 1.82) is 5.26 Å². The van der Waals surface area contributed by atoms with Crippen molar-refractivity contribution in [2.24, 2.45) is 0 Å². The van der Waals surface area contributed by atoms with Gasteiger partial charge in [0.25, 0.3) is 0 Å². The van der Waals surface area contributed by atoms with Crippen molar-refractivity contribution in [3.05, 3.63) is 41.0 Å². The van der Waals surface area contributed by atoms with Crippen LogP contribution < -0.4 is 0 Å². The molecule has 0 fully saturated rings. The number of halogens is 1. The Morgan fingerprint density at radius 2 is 2.29 bits per heavy atom. The first-order valence-corrected chi connectivity index (χ1v) is 4.38. The second kappa shape index (κ2) is 3.52. The van der Waals surface area contributed by atoms with Crippen molar-refractivity contribution in [3.63, 3.8) is 0 Å². The lowest BCUT2D eigenvalue weighted by Crippen LogP contribution is -1.80. The van der Waals surface area contributed by atoms with E-state index in [1.807, 2.05) is 12.1 Å². The highest BCUT2D eigenvalue weighted by molar-refractivity contribution is 6.32. The number of hydrogen-bond donors (Lipinski definition) is 1. The fraction of sp³-hybridized carbons (Fsp3) is 0. The van der Waals surface area contributed by atoms with Crippen LogP contribution in [-0.4, -0.2) is 10.2 Å². The SMILES string of the molecule is N#Cc1cccc(-c2[nH]ncc2Cl)c1. The van der Waals surface area contributed by atoms with Gasteiger partial charge in [-0.25, -0.2) is 0 Å². The molecular weight excluding hydrogens is 198 g/mol. The Morgan fingerprint density at radius 1 is 1.43 bits per heavy atom. The highest BCUT2D eigenvalue weighted by Gasteiger charge is 2.05. The summed E-state index contributed by atoms with van der Waals surface area (Å²) in [5.74, 6) is 0. The average Bonchev–Trinajstić information content (AvgIpc) is 2.65. The van der Waals surface area contributed by atoms with E-state index in [9.17, 15) is 0 Å². The number of benzene rings is 1. The topological polar surface area (TPSA) is 52.5 Å². The van der Waals surface area contributed by atoms with Gasteiger partial charge in [-0.05, 0) is 12.1 Å². The highest BCUT2D eigenvalue weighted by atomic mass is 35.5. The summed E-state index contributed by atoms with van der Waals surface area (Å²) in [6.07, 6.45) is 1.54. The van der Waals surface area contributed by atoms with Crippen molar-refractivity contribution in [3.8, 4) is 17.3 Å². The van der Waals surface area contributed by atoms with Crippen LogP contribution in [-0.2, 0) is 0 Å². The predicted molar refractivity (Wildman–Crippen MR) is 53.7 cm³/mol. The van der Waals surface area contributed by atoms with E-state index in [1.165, 1.54) is 6.20 Å². The van der Waals surface area contributed by atoms with Gasteiger partial charge in [0.05, 0.1) is 28.5 Å². The zero-order valence-corrected chi connectivity index (χ0v) is 7.92. The molecule has 68 valence electrons. The van der Waals surface area contributed by atoms with E-state index in [-0.39, 0.29) is 0 Å². The molecule has 0 radical (unpaired) electrons. The number of rotatable bonds is 1. The highest BCUT2D eigenvalue weighted by Crippen LogP contribution is 2.25. The lowest BCUT2D eigenvalue weighted by atomic mass is 10.1. The first kappa shape index (κ1) is 8.79. The molecule has 2 rings (SSSR count). The molecule has 1 heterocycles. The van der Waals surface area contributed by atoms with Gasteiger partial charge in [0, 0.05) is 5.56 Å². The lowest BCUT2D eigenvalue weighted by Gasteiger charge is -1.98. The molecule has 0 atom stereocenters. The summed E-state index contributed by atoms with van der Waals surface area (Å²) in [4.78, 5) is 0. The first-order valence-electron chi connectivity index (χ1n) is 4.00. The van der Waals surface area contributed by atoms with Crippen LogP contribution in [0.5, 0.6) is 0 Å². The van der Waals surface area contributed by atoms with Crippen LogP contribution >= 0.6 is 11.6 Å². The Morgan fingerprint density at radius 3 is 2.93 bits per heavy atom. The van der Waals surface area contributed by atoms with Crippen LogP contribution in [0.2, 0.25) is 5.02 Å². The maximum Gasteiger partial charge on any atom is 0.0991 e. The second-order valence-electron chi connectivity index (χ2n) is 2.79. The van der Waals surface area contributed by atoms with Crippen molar-refractivity contribution >= 4 is 11.6 Å². The molecule has 0 saturated heterocycles. The van der Waals surface area contributed by atoms with Gasteiger partial charge >= 0.3 is 0 Å². The van der Waals surface area contributed by atoms with Crippen molar-refractivity contribution in [1.82, 2.24) is 10.2 Å². The molecule has 0 bridgehead atoms. The molecule has 0 aliphatic heterocycles. The first-order chi connectivity index (χ1) is 6.81. The molecule has 3 nitrogen and oxygen atoms in total. The Hall–Kier alpha value is -1.79. The number of nitriles is 1. The molecule has 0 aliphatic carbocycles. The van der Waals surface area contributed by atoms with Gasteiger partial charge in [0.15, 0.2) is 0 Å². The maximum atomic E-state index is 8.72. The average molecular weight is 204 g/mol. The summed E-state index contributed by atoms with van der Waals surface area (Å²) < 4.78 is 0. The number of aromatic amines is 1. The molecule has 14 heavy (non-hydrogen) atoms. The molecular formula is C10H6ClN3. The fourth-order valence-electron chi connectivity index (χ4n) is 1.22. The van der Waals surface area contributed by atoms with Gasteiger partial charge in [0.1, 0.15) is 0 Å². The van der Waals surface area contributed by atoms with Crippen LogP contribution in [0.4, 0.5) is 0 Å². The van der Waals surface area contributed by atoms with E-state index in [0.717, 1.165) is 11.3 Å². The van der Waals surface area contributed by atoms with E-state index in [0.29, 0.717) is 10.6 Å². The van der Waals surface area contributed by atoms with Gasteiger partial charge in [-0.3, -0.25) is 5.10 Å². The van der Waals surface area contributed by atoms with E-state index in [1.54, 1.807) is 12.1 Å². The number of nitrogens with one attached hydrogen (secondary N) is 1. The van der Waals surface area contributed by atoms with Crippen LogP contribution in [0, 0.1) is 11.3 Å². The minimum atomic E-state index is 0.556. The number of aromatic nitrogens is 2. The van der Waals surface area contributed by atoms with Gasteiger partial charge in [-0.1, -0.05) is 23.7 Å². The number of hydrogen-bond acceptors (Lipinski definition) is 2. The smallest absolute Gasteiger partial charge is 0.0991 e. The summed E-state index contributed by atoms with van der Waals surface area (Å²) in [5, 5.41) is 15.9. The lowest BCUT2D eigenvalue weighted by molar-refractivity contribution is 1.10. The largest absolute Gasteiger partial charge is 0.276 e. The van der Waals surface area contributed by atoms with Gasteiger partial charge in [-0.2, -0.15) is 10.4 Å². The standard InChI is InChI=1S/C10H6ClN3/c11-9-6-13-14-10(9)8-3-1-2-7(4-8)5-12/h1-4,6H,(H,13,14). The molecule has 1 aromatic carbocycles. The molecule has 0 amide bonds. The normalized spacial score (nSPS) is 9.71. The Labute approximate surface area is 85.9 Å². The molecule has 1 aromatic heterocycles. The van der Waals surface area contributed by atoms with Gasteiger partial charge in [-0.15, -0.1) is 0 Å². The van der Waals surface area contributed by atoms with E-state index < -0.39 is 0 Å². The van der Waals surface area contributed by atoms with Crippen molar-refractivity contribution in [2.75, 3.05) is 0 Å². The predicted octanol–water partition coefficient (Wildman–Crippen LogP) is 2.60. The second-order valence-corrected chi connectivity index (χ2v) is 3.19. The fourth-order valence-corrected chi connectivity index (χ4v) is 1.42. The minimum absolute atomic E-state index is 0.556. The summed E-state index contributed by atoms with van der Waals surface area (Å²) in [6.45, 7) is 0. The minimum Gasteiger partial charge on any atom is -0.276 e. The monoisotopic (exact) mass is 203 g/mol. The molecule has 0 saturated carbocycles. The molecule has 0 spiro atoms. The van der Waals surface area contributed by atoms with Crippen LogP contribution in [0.3, 0.4) is 0 Å². The molecule has 2 aromatic rings. The summed E-state index contributed by atoms with van der Waals surface area (Å²) in [6, 6.07) is 9.26. The molecule has 1 N–H and O–H groups in total. The van der Waals surface area contributed by atoms with Crippen LogP contribution in [0.25, 0.3) is 11.3 Å². The summed E-state index contributed by atoms with van der Waals surface area (Å²) >= 11 is 5.89. The maximum absolute atomic E-state index is 8.72. The Kier molecular flexibility index (Phi) is 2.21. The van der Waals surface area contributed by atoms with Crippen molar-refractivity contribution < 1.29 is 0 Å². The van der Waals surface area contributed by atoms with Crippen LogP contribution in [0.1, 0.15) is 5.56 Å². The molecule has 0 unspecified atom stereocenters. The zero-order chi connectivity index (χ0) is 9.97. The van der Waals surface area contributed by atoms with E-state index in [4.69, 9.17) is 16.9 Å². The van der Waals surface area contributed by atoms with Gasteiger partial charge < -0.3 is 0 Å². The quantitative estimate of drug-likeness (QED) is 0.775. The Bertz CT molecular complexity index is 496. The van der Waals surface area contributed by atoms with Crippen LogP contribution in [0.15, 0.2) is 30.5 Å². The Balaban J connectivity index is 2.53. The zero-order valence-electron chi connectivity index (χ0n) is 7.16. The third-order valence-corrected chi connectivity index (χ3v) is 2.16. The molecule has 0 aliphatic rings. The third-order valence-electron chi connectivity index (χ3n) is 1.87. The van der Waals surface area contributed by atoms with Gasteiger partial charge in [0.2, 0.25) is 0 Å². The summed E-state index contributed by atoms with van der Waals surface area (Å²) in [5.41, 5.74) is 2.21. The number of H-pyrrole nitrogens is 1. The molecule has 4 heteroatoms. The van der Waals surface area contributed by atoms with Crippen molar-refractivity contribution in [2.45, 2.75) is 0 Å². The number of nitrogens with zero attached hydrogens (tertiary/aromatic N) is 2. The summed E-state index contributed by atoms with van der Waals surface area (Å²) in [7, 11) is 0. The third kappa shape index (κ3) is 1.48. The van der Waals surface area contributed by atoms with E-state index >= 15 is 0 Å². The van der Waals surface area contributed by atoms with E-state index in [2.05, 4.69) is 16.3 Å².